The molecule has 0 aliphatic rings. The van der Waals surface area contributed by atoms with Gasteiger partial charge in [-0.2, -0.15) is 0 Å². The number of nitrogens with zero attached hydrogens (tertiary/aromatic N) is 2. The van der Waals surface area contributed by atoms with Gasteiger partial charge in [0.25, 0.3) is 5.56 Å². The van der Waals surface area contributed by atoms with E-state index in [9.17, 15) is 9.59 Å². The molecule has 0 aliphatic carbocycles. The van der Waals surface area contributed by atoms with Crippen LogP contribution in [0.25, 0.3) is 0 Å². The maximum absolute atomic E-state index is 10.9. The van der Waals surface area contributed by atoms with Crippen LogP contribution in [0.1, 0.15) is 0 Å². The van der Waals surface area contributed by atoms with Gasteiger partial charge >= 0.3 is 5.69 Å². The fourth-order valence-corrected chi connectivity index (χ4v) is 0.712. The van der Waals surface area contributed by atoms with E-state index in [0.717, 1.165) is 6.21 Å². The second-order valence-corrected chi connectivity index (χ2v) is 2.06. The van der Waals surface area contributed by atoms with Crippen molar-refractivity contribution in [2.75, 3.05) is 0 Å². The van der Waals surface area contributed by atoms with Gasteiger partial charge in [0.1, 0.15) is 0 Å². The van der Waals surface area contributed by atoms with Gasteiger partial charge in [-0.3, -0.25) is 14.3 Å². The highest BCUT2D eigenvalue weighted by molar-refractivity contribution is 5.55. The first kappa shape index (κ1) is 8.25. The highest BCUT2D eigenvalue weighted by Crippen LogP contribution is 1.72. The second kappa shape index (κ2) is 3.51. The van der Waals surface area contributed by atoms with Crippen molar-refractivity contribution in [3.8, 4) is 0 Å². The predicted octanol–water partition coefficient (Wildman–Crippen LogP) is -1.00. The molecule has 0 saturated heterocycles. The number of aromatic nitrogens is 2. The van der Waals surface area contributed by atoms with Gasteiger partial charge in [0, 0.05) is 12.3 Å². The molecule has 1 aromatic rings. The summed E-state index contributed by atoms with van der Waals surface area (Å²) in [5.41, 5.74) is -0.973. The maximum Gasteiger partial charge on any atom is 0.328 e. The Morgan fingerprint density at radius 1 is 1.67 bits per heavy atom. The molecule has 0 aromatic carbocycles. The second-order valence-electron chi connectivity index (χ2n) is 2.06. The Hall–Kier alpha value is -1.85. The van der Waals surface area contributed by atoms with Crippen LogP contribution in [0.5, 0.6) is 0 Å². The SMILES string of the molecule is O=c1ccn(C/C=N/O)c(=O)[nH]1. The first-order valence-electron chi connectivity index (χ1n) is 3.19. The number of rotatable bonds is 2. The van der Waals surface area contributed by atoms with E-state index in [1.165, 1.54) is 16.8 Å². The van der Waals surface area contributed by atoms with Crippen LogP contribution in [0, 0.1) is 0 Å². The summed E-state index contributed by atoms with van der Waals surface area (Å²) in [5.74, 6) is 0. The molecule has 1 aromatic heterocycles. The van der Waals surface area contributed by atoms with Crippen LogP contribution in [-0.2, 0) is 6.54 Å². The molecule has 0 amide bonds. The van der Waals surface area contributed by atoms with E-state index in [1.807, 2.05) is 0 Å². The molecule has 0 aliphatic heterocycles. The maximum atomic E-state index is 10.9. The average Bonchev–Trinajstić information content (AvgIpc) is 2.03. The van der Waals surface area contributed by atoms with Crippen molar-refractivity contribution in [2.45, 2.75) is 6.54 Å². The van der Waals surface area contributed by atoms with Gasteiger partial charge in [-0.25, -0.2) is 4.79 Å². The normalized spacial score (nSPS) is 10.7. The fraction of sp³-hybridized carbons (Fsp3) is 0.167. The van der Waals surface area contributed by atoms with Gasteiger partial charge in [0.2, 0.25) is 0 Å². The molecular weight excluding hydrogens is 162 g/mol. The first-order valence-corrected chi connectivity index (χ1v) is 3.19. The van der Waals surface area contributed by atoms with Crippen LogP contribution >= 0.6 is 0 Å². The van der Waals surface area contributed by atoms with Gasteiger partial charge in [0.05, 0.1) is 12.8 Å². The van der Waals surface area contributed by atoms with Crippen molar-refractivity contribution >= 4 is 6.21 Å². The van der Waals surface area contributed by atoms with Crippen molar-refractivity contribution in [1.82, 2.24) is 9.55 Å². The summed E-state index contributed by atoms with van der Waals surface area (Å²) in [5, 5.41) is 10.8. The summed E-state index contributed by atoms with van der Waals surface area (Å²) in [7, 11) is 0. The molecular formula is C6H7N3O3. The Balaban J connectivity index is 3.02. The van der Waals surface area contributed by atoms with Crippen molar-refractivity contribution in [2.24, 2.45) is 5.16 Å². The Kier molecular flexibility index (Phi) is 2.42. The first-order chi connectivity index (χ1) is 5.74. The average molecular weight is 169 g/mol. The molecule has 0 saturated carbocycles. The Morgan fingerprint density at radius 3 is 3.00 bits per heavy atom. The van der Waals surface area contributed by atoms with E-state index < -0.39 is 11.2 Å². The van der Waals surface area contributed by atoms with Gasteiger partial charge in [0.15, 0.2) is 0 Å². The number of oxime groups is 1. The summed E-state index contributed by atoms with van der Waals surface area (Å²) in [6.07, 6.45) is 2.46. The summed E-state index contributed by atoms with van der Waals surface area (Å²) in [6.45, 7) is 0.131. The van der Waals surface area contributed by atoms with Crippen LogP contribution in [0.2, 0.25) is 0 Å². The molecule has 0 bridgehead atoms. The Labute approximate surface area is 66.8 Å². The van der Waals surface area contributed by atoms with Crippen molar-refractivity contribution in [3.05, 3.63) is 33.1 Å². The number of nitrogens with one attached hydrogen (secondary N) is 1. The summed E-state index contributed by atoms with van der Waals surface area (Å²) < 4.78 is 1.20. The minimum absolute atomic E-state index is 0.131. The molecule has 2 N–H and O–H groups in total. The Bertz CT molecular complexity index is 390. The third-order valence-corrected chi connectivity index (χ3v) is 1.26. The zero-order valence-corrected chi connectivity index (χ0v) is 6.10. The largest absolute Gasteiger partial charge is 0.411 e. The van der Waals surface area contributed by atoms with Crippen molar-refractivity contribution in [3.63, 3.8) is 0 Å². The van der Waals surface area contributed by atoms with Gasteiger partial charge in [-0.1, -0.05) is 0 Å². The number of hydrogen-bond donors (Lipinski definition) is 2. The predicted molar refractivity (Wildman–Crippen MR) is 41.6 cm³/mol. The lowest BCUT2D eigenvalue weighted by Gasteiger charge is -1.96. The Morgan fingerprint density at radius 2 is 2.42 bits per heavy atom. The van der Waals surface area contributed by atoms with E-state index in [4.69, 9.17) is 5.21 Å². The third kappa shape index (κ3) is 1.82. The van der Waals surface area contributed by atoms with E-state index in [2.05, 4.69) is 10.1 Å². The van der Waals surface area contributed by atoms with Crippen LogP contribution < -0.4 is 11.2 Å². The molecule has 0 radical (unpaired) electrons. The van der Waals surface area contributed by atoms with E-state index in [1.54, 1.807) is 0 Å². The molecule has 0 spiro atoms. The lowest BCUT2D eigenvalue weighted by Crippen LogP contribution is -2.28. The van der Waals surface area contributed by atoms with Gasteiger partial charge in [-0.15, -0.1) is 5.16 Å². The number of hydrogen-bond acceptors (Lipinski definition) is 4. The number of aromatic amines is 1. The zero-order chi connectivity index (χ0) is 8.97. The summed E-state index contributed by atoms with van der Waals surface area (Å²) >= 11 is 0. The monoisotopic (exact) mass is 169 g/mol. The molecule has 64 valence electrons. The highest BCUT2D eigenvalue weighted by Gasteiger charge is 1.92. The van der Waals surface area contributed by atoms with Crippen LogP contribution in [0.15, 0.2) is 27.0 Å². The lowest BCUT2D eigenvalue weighted by molar-refractivity contribution is 0.320. The minimum Gasteiger partial charge on any atom is -0.411 e. The van der Waals surface area contributed by atoms with Crippen LogP contribution in [0.3, 0.4) is 0 Å². The van der Waals surface area contributed by atoms with Gasteiger partial charge in [-0.05, 0) is 0 Å². The minimum atomic E-state index is -0.526. The molecule has 0 atom stereocenters. The third-order valence-electron chi connectivity index (χ3n) is 1.26. The molecule has 6 heteroatoms. The molecule has 1 heterocycles. The molecule has 0 unspecified atom stereocenters. The topological polar surface area (TPSA) is 87.4 Å². The summed E-state index contributed by atoms with van der Waals surface area (Å²) in [6, 6.07) is 1.21. The van der Waals surface area contributed by atoms with E-state index in [0.29, 0.717) is 0 Å². The van der Waals surface area contributed by atoms with Crippen molar-refractivity contribution in [1.29, 1.82) is 0 Å². The van der Waals surface area contributed by atoms with E-state index >= 15 is 0 Å². The lowest BCUT2D eigenvalue weighted by atomic mass is 10.6. The molecule has 1 rings (SSSR count). The van der Waals surface area contributed by atoms with Crippen LogP contribution in [-0.4, -0.2) is 21.0 Å². The van der Waals surface area contributed by atoms with Crippen molar-refractivity contribution < 1.29 is 5.21 Å². The smallest absolute Gasteiger partial charge is 0.328 e. The molecule has 6 nitrogen and oxygen atoms in total. The molecule has 12 heavy (non-hydrogen) atoms. The quantitative estimate of drug-likeness (QED) is 0.338. The zero-order valence-electron chi connectivity index (χ0n) is 6.10. The number of H-pyrrole nitrogens is 1. The van der Waals surface area contributed by atoms with E-state index in [-0.39, 0.29) is 6.54 Å². The van der Waals surface area contributed by atoms with Crippen LogP contribution in [0.4, 0.5) is 0 Å². The molecule has 0 fully saturated rings. The highest BCUT2D eigenvalue weighted by atomic mass is 16.4. The standard InChI is InChI=1S/C6H7N3O3/c10-5-1-3-9(4-2-7-12)6(11)8-5/h1-3,12H,4H2,(H,8,10,11)/b7-2+. The summed E-state index contributed by atoms with van der Waals surface area (Å²) in [4.78, 5) is 23.5. The van der Waals surface area contributed by atoms with Gasteiger partial charge < -0.3 is 5.21 Å². The fourth-order valence-electron chi connectivity index (χ4n) is 0.712.